The van der Waals surface area contributed by atoms with Crippen LogP contribution in [-0.2, 0) is 19.6 Å². The molecule has 1 aromatic carbocycles. The average Bonchev–Trinajstić information content (AvgIpc) is 2.36. The third kappa shape index (κ3) is 3.52. The van der Waals surface area contributed by atoms with Crippen LogP contribution in [0, 0.1) is 11.6 Å². The van der Waals surface area contributed by atoms with Gasteiger partial charge < -0.3 is 9.84 Å². The summed E-state index contributed by atoms with van der Waals surface area (Å²) in [4.78, 5) is 20.8. The summed E-state index contributed by atoms with van der Waals surface area (Å²) >= 11 is 0. The molecule has 116 valence electrons. The van der Waals surface area contributed by atoms with E-state index in [0.717, 1.165) is 14.0 Å². The molecule has 0 saturated heterocycles. The number of halogens is 2. The molecule has 0 fully saturated rings. The highest BCUT2D eigenvalue weighted by Crippen LogP contribution is 2.21. The summed E-state index contributed by atoms with van der Waals surface area (Å²) in [7, 11) is -3.55. The van der Waals surface area contributed by atoms with Crippen molar-refractivity contribution in [1.82, 2.24) is 4.72 Å². The van der Waals surface area contributed by atoms with Gasteiger partial charge in [-0.3, -0.25) is 4.79 Å². The van der Waals surface area contributed by atoms with E-state index in [1.54, 1.807) is 4.72 Å². The van der Waals surface area contributed by atoms with Gasteiger partial charge in [0.1, 0.15) is 22.3 Å². The van der Waals surface area contributed by atoms with E-state index in [9.17, 15) is 26.8 Å². The largest absolute Gasteiger partial charge is 0.477 e. The Morgan fingerprint density at radius 2 is 1.90 bits per heavy atom. The van der Waals surface area contributed by atoms with Gasteiger partial charge in [0.25, 0.3) is 0 Å². The summed E-state index contributed by atoms with van der Waals surface area (Å²) in [5.41, 5.74) is -1.40. The van der Waals surface area contributed by atoms with Crippen molar-refractivity contribution in [2.24, 2.45) is 0 Å². The summed E-state index contributed by atoms with van der Waals surface area (Å²) in [6.45, 7) is 1.14. The lowest BCUT2D eigenvalue weighted by Crippen LogP contribution is -2.39. The molecular formula is C11H11F2NO6S. The SMILES string of the molecule is COC(=O)C(C)NS(=O)(=O)c1ccc(F)c(C(=O)O)c1F. The van der Waals surface area contributed by atoms with Gasteiger partial charge in [0.05, 0.1) is 7.11 Å². The molecule has 0 bridgehead atoms. The zero-order valence-corrected chi connectivity index (χ0v) is 11.7. The van der Waals surface area contributed by atoms with E-state index >= 15 is 0 Å². The van der Waals surface area contributed by atoms with Gasteiger partial charge in [0.15, 0.2) is 5.82 Å². The van der Waals surface area contributed by atoms with E-state index in [0.29, 0.717) is 12.1 Å². The zero-order valence-electron chi connectivity index (χ0n) is 10.9. The maximum absolute atomic E-state index is 13.9. The van der Waals surface area contributed by atoms with Crippen molar-refractivity contribution in [1.29, 1.82) is 0 Å². The number of carbonyl (C=O) groups excluding carboxylic acids is 1. The fourth-order valence-electron chi connectivity index (χ4n) is 1.46. The minimum atomic E-state index is -4.57. The monoisotopic (exact) mass is 323 g/mol. The number of carboxylic acids is 1. The number of nitrogens with one attached hydrogen (secondary N) is 1. The van der Waals surface area contributed by atoms with Crippen molar-refractivity contribution in [2.45, 2.75) is 17.9 Å². The second-order valence-electron chi connectivity index (χ2n) is 3.91. The number of benzene rings is 1. The first-order valence-electron chi connectivity index (χ1n) is 5.43. The van der Waals surface area contributed by atoms with Crippen LogP contribution >= 0.6 is 0 Å². The molecule has 1 unspecified atom stereocenters. The Balaban J connectivity index is 3.31. The van der Waals surface area contributed by atoms with Crippen LogP contribution in [0.25, 0.3) is 0 Å². The smallest absolute Gasteiger partial charge is 0.341 e. The number of ether oxygens (including phenoxy) is 1. The number of aromatic carboxylic acids is 1. The van der Waals surface area contributed by atoms with Crippen LogP contribution < -0.4 is 4.72 Å². The molecule has 0 aromatic heterocycles. The van der Waals surface area contributed by atoms with Gasteiger partial charge in [0, 0.05) is 0 Å². The molecule has 1 atom stereocenters. The van der Waals surface area contributed by atoms with E-state index in [1.165, 1.54) is 0 Å². The molecule has 10 heteroatoms. The topological polar surface area (TPSA) is 110 Å². The highest BCUT2D eigenvalue weighted by Gasteiger charge is 2.29. The van der Waals surface area contributed by atoms with Crippen LogP contribution in [0.1, 0.15) is 17.3 Å². The normalized spacial score (nSPS) is 12.8. The molecule has 0 saturated carbocycles. The highest BCUT2D eigenvalue weighted by molar-refractivity contribution is 7.89. The van der Waals surface area contributed by atoms with Gasteiger partial charge in [0.2, 0.25) is 10.0 Å². The second-order valence-corrected chi connectivity index (χ2v) is 5.59. The zero-order chi connectivity index (χ0) is 16.4. The van der Waals surface area contributed by atoms with Crippen LogP contribution in [0.15, 0.2) is 17.0 Å². The third-order valence-electron chi connectivity index (χ3n) is 2.45. The Bertz CT molecular complexity index is 688. The first kappa shape index (κ1) is 17.0. The fraction of sp³-hybridized carbons (Fsp3) is 0.273. The Morgan fingerprint density at radius 3 is 2.38 bits per heavy atom. The maximum Gasteiger partial charge on any atom is 0.341 e. The summed E-state index contributed by atoms with van der Waals surface area (Å²) in [6, 6.07) is -0.273. The number of hydrogen-bond acceptors (Lipinski definition) is 5. The molecule has 21 heavy (non-hydrogen) atoms. The molecule has 7 nitrogen and oxygen atoms in total. The van der Waals surface area contributed by atoms with Crippen molar-refractivity contribution in [3.05, 3.63) is 29.3 Å². The fourth-order valence-corrected chi connectivity index (χ4v) is 2.73. The van der Waals surface area contributed by atoms with Crippen LogP contribution in [0.4, 0.5) is 8.78 Å². The molecule has 0 aliphatic heterocycles. The third-order valence-corrected chi connectivity index (χ3v) is 4.00. The lowest BCUT2D eigenvalue weighted by Gasteiger charge is -2.13. The molecular weight excluding hydrogens is 312 g/mol. The Labute approximate surface area is 118 Å². The van der Waals surface area contributed by atoms with Gasteiger partial charge in [-0.25, -0.2) is 22.0 Å². The number of esters is 1. The van der Waals surface area contributed by atoms with Crippen molar-refractivity contribution >= 4 is 22.0 Å². The molecule has 2 N–H and O–H groups in total. The van der Waals surface area contributed by atoms with E-state index in [2.05, 4.69) is 4.74 Å². The molecule has 0 aliphatic rings. The number of sulfonamides is 1. The quantitative estimate of drug-likeness (QED) is 0.764. The minimum absolute atomic E-state index is 0.504. The van der Waals surface area contributed by atoms with Gasteiger partial charge >= 0.3 is 11.9 Å². The number of rotatable bonds is 5. The Kier molecular flexibility index (Phi) is 4.97. The minimum Gasteiger partial charge on any atom is -0.477 e. The van der Waals surface area contributed by atoms with Gasteiger partial charge in [-0.05, 0) is 19.1 Å². The molecule has 1 rings (SSSR count). The van der Waals surface area contributed by atoms with Crippen LogP contribution in [-0.4, -0.2) is 38.6 Å². The first-order chi connectivity index (χ1) is 9.61. The summed E-state index contributed by atoms with van der Waals surface area (Å²) in [6.07, 6.45) is 0. The highest BCUT2D eigenvalue weighted by atomic mass is 32.2. The summed E-state index contributed by atoms with van der Waals surface area (Å²) < 4.78 is 56.9. The number of methoxy groups -OCH3 is 1. The lowest BCUT2D eigenvalue weighted by atomic mass is 10.2. The van der Waals surface area contributed by atoms with Gasteiger partial charge in [-0.1, -0.05) is 0 Å². The summed E-state index contributed by atoms with van der Waals surface area (Å²) in [5, 5.41) is 8.68. The molecule has 0 radical (unpaired) electrons. The van der Waals surface area contributed by atoms with E-state index in [-0.39, 0.29) is 0 Å². The van der Waals surface area contributed by atoms with Crippen molar-refractivity contribution < 1.29 is 36.6 Å². The maximum atomic E-state index is 13.9. The molecule has 0 spiro atoms. The van der Waals surface area contributed by atoms with Gasteiger partial charge in [-0.2, -0.15) is 4.72 Å². The number of carbonyl (C=O) groups is 2. The Hall–Kier alpha value is -2.07. The summed E-state index contributed by atoms with van der Waals surface area (Å²) in [5.74, 6) is -6.06. The van der Waals surface area contributed by atoms with E-state index in [1.807, 2.05) is 0 Å². The van der Waals surface area contributed by atoms with Gasteiger partial charge in [-0.15, -0.1) is 0 Å². The Morgan fingerprint density at radius 1 is 1.33 bits per heavy atom. The molecule has 0 heterocycles. The standard InChI is InChI=1S/C11H11F2NO6S/c1-5(11(17)20-2)14-21(18,19)7-4-3-6(12)8(9(7)13)10(15)16/h3-5,14H,1-2H3,(H,15,16). The van der Waals surface area contributed by atoms with Crippen molar-refractivity contribution in [2.75, 3.05) is 7.11 Å². The van der Waals surface area contributed by atoms with Crippen LogP contribution in [0.5, 0.6) is 0 Å². The van der Waals surface area contributed by atoms with Crippen molar-refractivity contribution in [3.8, 4) is 0 Å². The van der Waals surface area contributed by atoms with Crippen molar-refractivity contribution in [3.63, 3.8) is 0 Å². The van der Waals surface area contributed by atoms with E-state index < -0.39 is 50.1 Å². The van der Waals surface area contributed by atoms with Crippen LogP contribution in [0.3, 0.4) is 0 Å². The predicted octanol–water partition coefficient (Wildman–Crippen LogP) is 0.503. The van der Waals surface area contributed by atoms with Crippen LogP contribution in [0.2, 0.25) is 0 Å². The molecule has 1 aromatic rings. The number of hydrogen-bond donors (Lipinski definition) is 2. The average molecular weight is 323 g/mol. The lowest BCUT2D eigenvalue weighted by molar-refractivity contribution is -0.142. The van der Waals surface area contributed by atoms with E-state index in [4.69, 9.17) is 5.11 Å². The molecule has 0 amide bonds. The first-order valence-corrected chi connectivity index (χ1v) is 6.91. The second kappa shape index (κ2) is 6.14. The predicted molar refractivity (Wildman–Crippen MR) is 65.1 cm³/mol. The number of carboxylic acid groups (broad SMARTS) is 1. The molecule has 0 aliphatic carbocycles.